The van der Waals surface area contributed by atoms with E-state index in [0.29, 0.717) is 22.6 Å². The Labute approximate surface area is 79.9 Å². The zero-order chi connectivity index (χ0) is 10.1. The zero-order valence-corrected chi connectivity index (χ0v) is 7.67. The number of H-pyrrole nitrogens is 1. The summed E-state index contributed by atoms with van der Waals surface area (Å²) < 4.78 is 18.3. The number of imidazole rings is 1. The van der Waals surface area contributed by atoms with Gasteiger partial charge in [-0.15, -0.1) is 0 Å². The number of nitrogens with one attached hydrogen (secondary N) is 1. The van der Waals surface area contributed by atoms with Crippen LogP contribution in [0.5, 0.6) is 5.75 Å². The number of methoxy groups -OCH3 is 1. The summed E-state index contributed by atoms with van der Waals surface area (Å²) in [6.07, 6.45) is 0. The molecule has 0 amide bonds. The van der Waals surface area contributed by atoms with Crippen molar-refractivity contribution in [1.29, 1.82) is 0 Å². The van der Waals surface area contributed by atoms with Crippen molar-refractivity contribution in [2.24, 2.45) is 5.73 Å². The molecule has 4 nitrogen and oxygen atoms in total. The fraction of sp³-hybridized carbons (Fsp3) is 0.222. The van der Waals surface area contributed by atoms with E-state index in [2.05, 4.69) is 9.97 Å². The van der Waals surface area contributed by atoms with Crippen LogP contribution in [0.3, 0.4) is 0 Å². The third kappa shape index (κ3) is 1.31. The van der Waals surface area contributed by atoms with Gasteiger partial charge in [-0.25, -0.2) is 9.37 Å². The minimum atomic E-state index is -0.407. The summed E-state index contributed by atoms with van der Waals surface area (Å²) in [6, 6.07) is 2.98. The van der Waals surface area contributed by atoms with Gasteiger partial charge >= 0.3 is 0 Å². The molecule has 0 atom stereocenters. The second-order valence-corrected chi connectivity index (χ2v) is 2.89. The number of ether oxygens (including phenoxy) is 1. The number of aromatic amines is 1. The third-order valence-electron chi connectivity index (χ3n) is 1.99. The van der Waals surface area contributed by atoms with Crippen LogP contribution in [0.4, 0.5) is 4.39 Å². The van der Waals surface area contributed by atoms with E-state index in [1.807, 2.05) is 0 Å². The van der Waals surface area contributed by atoms with Crippen LogP contribution in [0.1, 0.15) is 5.82 Å². The summed E-state index contributed by atoms with van der Waals surface area (Å²) in [5.41, 5.74) is 6.28. The second-order valence-electron chi connectivity index (χ2n) is 2.89. The lowest BCUT2D eigenvalue weighted by molar-refractivity contribution is 0.412. The number of aromatic nitrogens is 2. The molecule has 0 aliphatic carbocycles. The number of benzene rings is 1. The first-order valence-electron chi connectivity index (χ1n) is 4.17. The molecule has 2 aromatic rings. The third-order valence-corrected chi connectivity index (χ3v) is 1.99. The van der Waals surface area contributed by atoms with E-state index in [-0.39, 0.29) is 6.54 Å². The predicted octanol–water partition coefficient (Wildman–Crippen LogP) is 1.17. The van der Waals surface area contributed by atoms with Crippen molar-refractivity contribution in [3.63, 3.8) is 0 Å². The van der Waals surface area contributed by atoms with E-state index < -0.39 is 5.82 Å². The van der Waals surface area contributed by atoms with Gasteiger partial charge in [0.05, 0.1) is 19.2 Å². The highest BCUT2D eigenvalue weighted by Crippen LogP contribution is 2.22. The van der Waals surface area contributed by atoms with Crippen LogP contribution in [-0.2, 0) is 6.54 Å². The molecule has 3 N–H and O–H groups in total. The van der Waals surface area contributed by atoms with Crippen LogP contribution in [0.25, 0.3) is 11.0 Å². The number of fused-ring (bicyclic) bond motifs is 1. The highest BCUT2D eigenvalue weighted by Gasteiger charge is 2.08. The summed E-state index contributed by atoms with van der Waals surface area (Å²) in [7, 11) is 1.49. The minimum absolute atomic E-state index is 0.260. The van der Waals surface area contributed by atoms with Crippen LogP contribution >= 0.6 is 0 Å². The van der Waals surface area contributed by atoms with Gasteiger partial charge in [-0.05, 0) is 0 Å². The van der Waals surface area contributed by atoms with Gasteiger partial charge in [0.2, 0.25) is 0 Å². The topological polar surface area (TPSA) is 63.9 Å². The van der Waals surface area contributed by atoms with Gasteiger partial charge in [0.25, 0.3) is 0 Å². The van der Waals surface area contributed by atoms with Crippen molar-refractivity contribution < 1.29 is 9.13 Å². The molecule has 74 valence electrons. The number of hydrogen-bond donors (Lipinski definition) is 2. The van der Waals surface area contributed by atoms with E-state index in [1.54, 1.807) is 6.07 Å². The maximum atomic E-state index is 13.4. The maximum Gasteiger partial charge on any atom is 0.154 e. The van der Waals surface area contributed by atoms with Crippen LogP contribution in [0, 0.1) is 5.82 Å². The molecular weight excluding hydrogens is 185 g/mol. The molecule has 5 heteroatoms. The Morgan fingerprint density at radius 1 is 1.57 bits per heavy atom. The second kappa shape index (κ2) is 3.26. The van der Waals surface area contributed by atoms with E-state index in [4.69, 9.17) is 10.5 Å². The van der Waals surface area contributed by atoms with E-state index in [0.717, 1.165) is 0 Å². The van der Waals surface area contributed by atoms with Gasteiger partial charge in [0.1, 0.15) is 17.1 Å². The van der Waals surface area contributed by atoms with Crippen LogP contribution in [0.2, 0.25) is 0 Å². The molecule has 1 aromatic carbocycles. The lowest BCUT2D eigenvalue weighted by Gasteiger charge is -1.98. The Morgan fingerprint density at radius 2 is 2.36 bits per heavy atom. The molecule has 0 aliphatic heterocycles. The number of nitrogens with zero attached hydrogens (tertiary/aromatic N) is 1. The molecule has 14 heavy (non-hydrogen) atoms. The highest BCUT2D eigenvalue weighted by atomic mass is 19.1. The van der Waals surface area contributed by atoms with Gasteiger partial charge in [-0.3, -0.25) is 0 Å². The standard InChI is InChI=1S/C9H10FN3O/c1-14-5-2-6(10)9-7(3-5)12-8(4-11)13-9/h2-3H,4,11H2,1H3,(H,12,13). The van der Waals surface area contributed by atoms with Crippen molar-refractivity contribution in [3.8, 4) is 5.75 Å². The van der Waals surface area contributed by atoms with Crippen molar-refractivity contribution in [1.82, 2.24) is 9.97 Å². The Morgan fingerprint density at radius 3 is 3.00 bits per heavy atom. The van der Waals surface area contributed by atoms with Crippen LogP contribution in [0.15, 0.2) is 12.1 Å². The van der Waals surface area contributed by atoms with Gasteiger partial charge in [0, 0.05) is 12.1 Å². The molecule has 1 heterocycles. The first kappa shape index (κ1) is 8.96. The molecule has 0 spiro atoms. The first-order valence-corrected chi connectivity index (χ1v) is 4.17. The van der Waals surface area contributed by atoms with Gasteiger partial charge in [-0.1, -0.05) is 0 Å². The van der Waals surface area contributed by atoms with E-state index >= 15 is 0 Å². The highest BCUT2D eigenvalue weighted by molar-refractivity contribution is 5.77. The predicted molar refractivity (Wildman–Crippen MR) is 50.5 cm³/mol. The summed E-state index contributed by atoms with van der Waals surface area (Å²) >= 11 is 0. The summed E-state index contributed by atoms with van der Waals surface area (Å²) in [6.45, 7) is 0.260. The summed E-state index contributed by atoms with van der Waals surface area (Å²) in [5.74, 6) is 0.615. The van der Waals surface area contributed by atoms with Crippen molar-refractivity contribution in [2.75, 3.05) is 7.11 Å². The summed E-state index contributed by atoms with van der Waals surface area (Å²) in [4.78, 5) is 6.90. The number of hydrogen-bond acceptors (Lipinski definition) is 3. The van der Waals surface area contributed by atoms with Gasteiger partial charge in [-0.2, -0.15) is 0 Å². The SMILES string of the molecule is COc1cc(F)c2nc(CN)[nH]c2c1. The molecule has 0 bridgehead atoms. The Balaban J connectivity index is 2.67. The molecule has 2 rings (SSSR count). The average Bonchev–Trinajstić information content (AvgIpc) is 2.61. The molecule has 0 radical (unpaired) electrons. The fourth-order valence-corrected chi connectivity index (χ4v) is 1.32. The molecule has 0 unspecified atom stereocenters. The first-order chi connectivity index (χ1) is 6.74. The lowest BCUT2D eigenvalue weighted by Crippen LogP contribution is -1.97. The van der Waals surface area contributed by atoms with Crippen LogP contribution < -0.4 is 10.5 Å². The van der Waals surface area contributed by atoms with E-state index in [1.165, 1.54) is 13.2 Å². The van der Waals surface area contributed by atoms with Crippen molar-refractivity contribution >= 4 is 11.0 Å². The molecule has 0 aliphatic rings. The summed E-state index contributed by atoms with van der Waals surface area (Å²) in [5, 5.41) is 0. The maximum absolute atomic E-state index is 13.4. The Bertz CT molecular complexity index is 466. The molecule has 0 fully saturated rings. The Hall–Kier alpha value is -1.62. The van der Waals surface area contributed by atoms with E-state index in [9.17, 15) is 4.39 Å². The van der Waals surface area contributed by atoms with Crippen molar-refractivity contribution in [2.45, 2.75) is 6.54 Å². The van der Waals surface area contributed by atoms with Crippen molar-refractivity contribution in [3.05, 3.63) is 23.8 Å². The molecule has 0 saturated heterocycles. The molecule has 0 saturated carbocycles. The normalized spacial score (nSPS) is 10.8. The number of nitrogens with two attached hydrogens (primary N) is 1. The minimum Gasteiger partial charge on any atom is -0.497 e. The average molecular weight is 195 g/mol. The largest absolute Gasteiger partial charge is 0.497 e. The Kier molecular flexibility index (Phi) is 2.09. The molecular formula is C9H10FN3O. The number of halogens is 1. The smallest absolute Gasteiger partial charge is 0.154 e. The van der Waals surface area contributed by atoms with Gasteiger partial charge in [0.15, 0.2) is 5.82 Å². The quantitative estimate of drug-likeness (QED) is 0.756. The fourth-order valence-electron chi connectivity index (χ4n) is 1.32. The lowest BCUT2D eigenvalue weighted by atomic mass is 10.3. The van der Waals surface area contributed by atoms with Crippen LogP contribution in [-0.4, -0.2) is 17.1 Å². The van der Waals surface area contributed by atoms with Gasteiger partial charge < -0.3 is 15.5 Å². The number of rotatable bonds is 2. The monoisotopic (exact) mass is 195 g/mol. The molecule has 1 aromatic heterocycles. The zero-order valence-electron chi connectivity index (χ0n) is 7.67.